The first kappa shape index (κ1) is 12.2. The zero-order valence-corrected chi connectivity index (χ0v) is 11.7. The Morgan fingerprint density at radius 2 is 2.39 bits per heavy atom. The molecule has 2 aliphatic rings. The van der Waals surface area contributed by atoms with E-state index >= 15 is 0 Å². The number of rotatable bonds is 3. The van der Waals surface area contributed by atoms with Crippen molar-refractivity contribution in [1.29, 1.82) is 0 Å². The maximum absolute atomic E-state index is 10.0. The van der Waals surface area contributed by atoms with Gasteiger partial charge in [0.15, 0.2) is 6.29 Å². The van der Waals surface area contributed by atoms with E-state index in [4.69, 9.17) is 9.47 Å². The van der Waals surface area contributed by atoms with Crippen LogP contribution in [0.1, 0.15) is 36.7 Å². The number of hydrogen-bond donors (Lipinski definition) is 1. The minimum atomic E-state index is -0.927. The molecule has 1 aromatic carbocycles. The maximum Gasteiger partial charge on any atom is 0.184 e. The molecular weight excluding hydrogens is 296 g/mol. The summed E-state index contributed by atoms with van der Waals surface area (Å²) in [4.78, 5) is 0. The normalized spacial score (nSPS) is 25.7. The molecule has 1 heterocycles. The lowest BCUT2D eigenvalue weighted by Gasteiger charge is -2.16. The Balaban J connectivity index is 2.04. The molecular formula is C14H15BrO3. The summed E-state index contributed by atoms with van der Waals surface area (Å²) in [7, 11) is 0. The molecule has 3 atom stereocenters. The van der Waals surface area contributed by atoms with Gasteiger partial charge in [-0.25, -0.2) is 0 Å². The molecule has 0 radical (unpaired) electrons. The molecule has 0 amide bonds. The Kier molecular flexibility index (Phi) is 3.18. The van der Waals surface area contributed by atoms with Crippen molar-refractivity contribution < 1.29 is 14.6 Å². The Labute approximate surface area is 115 Å². The number of aliphatic hydroxyl groups excluding tert-OH is 1. The summed E-state index contributed by atoms with van der Waals surface area (Å²) in [5.41, 5.74) is 1.85. The summed E-state index contributed by atoms with van der Waals surface area (Å²) in [5.74, 6) is 1.10. The zero-order chi connectivity index (χ0) is 12.7. The van der Waals surface area contributed by atoms with Crippen LogP contribution in [0, 0.1) is 0 Å². The summed E-state index contributed by atoms with van der Waals surface area (Å²) in [5, 5.41) is 10.0. The molecule has 1 aromatic rings. The van der Waals surface area contributed by atoms with Crippen LogP contribution in [0.5, 0.6) is 5.75 Å². The van der Waals surface area contributed by atoms with E-state index < -0.39 is 6.29 Å². The Morgan fingerprint density at radius 1 is 1.56 bits per heavy atom. The van der Waals surface area contributed by atoms with Crippen LogP contribution in [0.2, 0.25) is 0 Å². The van der Waals surface area contributed by atoms with Crippen molar-refractivity contribution in [3.05, 3.63) is 39.9 Å². The lowest BCUT2D eigenvalue weighted by molar-refractivity contribution is -0.0992. The molecule has 96 valence electrons. The van der Waals surface area contributed by atoms with E-state index in [-0.39, 0.29) is 6.10 Å². The topological polar surface area (TPSA) is 38.7 Å². The monoisotopic (exact) mass is 310 g/mol. The number of halogens is 1. The van der Waals surface area contributed by atoms with E-state index in [1.165, 1.54) is 0 Å². The highest BCUT2D eigenvalue weighted by Gasteiger charge is 2.37. The Morgan fingerprint density at radius 3 is 3.17 bits per heavy atom. The minimum absolute atomic E-state index is 0.182. The van der Waals surface area contributed by atoms with Crippen LogP contribution in [0.25, 0.3) is 0 Å². The van der Waals surface area contributed by atoms with Crippen molar-refractivity contribution >= 4 is 15.9 Å². The second-order valence-corrected chi connectivity index (χ2v) is 5.48. The quantitative estimate of drug-likeness (QED) is 0.688. The lowest BCUT2D eigenvalue weighted by Crippen LogP contribution is -2.12. The summed E-state index contributed by atoms with van der Waals surface area (Å²) in [6, 6.07) is 3.93. The number of fused-ring (bicyclic) bond motifs is 3. The molecule has 1 unspecified atom stereocenters. The third-order valence-electron chi connectivity index (χ3n) is 3.44. The van der Waals surface area contributed by atoms with E-state index in [0.29, 0.717) is 18.1 Å². The molecule has 0 fully saturated rings. The zero-order valence-electron chi connectivity index (χ0n) is 10.1. The first-order valence-corrected chi connectivity index (χ1v) is 6.96. The second-order valence-electron chi connectivity index (χ2n) is 4.57. The molecule has 3 nitrogen and oxygen atoms in total. The van der Waals surface area contributed by atoms with Gasteiger partial charge in [0.25, 0.3) is 0 Å². The molecule has 1 aliphatic carbocycles. The minimum Gasteiger partial charge on any atom is -0.488 e. The summed E-state index contributed by atoms with van der Waals surface area (Å²) in [6.45, 7) is 2.33. The largest absolute Gasteiger partial charge is 0.488 e. The van der Waals surface area contributed by atoms with Crippen molar-refractivity contribution in [2.75, 3.05) is 6.61 Å². The standard InChI is InChI=1S/C14H15BrO3/c1-2-17-14(16)11-7-8(15)6-10-9-4-3-5-12(9)18-13(10)11/h3-4,6-7,9,12,14,16H,2,5H2,1H3/t9-,12-,14?/m1/s1. The molecule has 0 aromatic heterocycles. The van der Waals surface area contributed by atoms with E-state index in [1.54, 1.807) is 0 Å². The average molecular weight is 311 g/mol. The highest BCUT2D eigenvalue weighted by atomic mass is 79.9. The molecule has 1 aliphatic heterocycles. The third-order valence-corrected chi connectivity index (χ3v) is 3.90. The van der Waals surface area contributed by atoms with E-state index in [2.05, 4.69) is 34.1 Å². The van der Waals surface area contributed by atoms with Gasteiger partial charge >= 0.3 is 0 Å². The van der Waals surface area contributed by atoms with Gasteiger partial charge in [-0.3, -0.25) is 0 Å². The smallest absolute Gasteiger partial charge is 0.184 e. The third kappa shape index (κ3) is 1.88. The van der Waals surface area contributed by atoms with Gasteiger partial charge in [-0.2, -0.15) is 0 Å². The van der Waals surface area contributed by atoms with Crippen molar-refractivity contribution in [1.82, 2.24) is 0 Å². The molecule has 0 bridgehead atoms. The summed E-state index contributed by atoms with van der Waals surface area (Å²) >= 11 is 3.49. The van der Waals surface area contributed by atoms with Gasteiger partial charge in [0.05, 0.1) is 5.56 Å². The highest BCUT2D eigenvalue weighted by Crippen LogP contribution is 2.48. The molecule has 0 saturated heterocycles. The summed E-state index contributed by atoms with van der Waals surface area (Å²) in [6.07, 6.45) is 4.52. The van der Waals surface area contributed by atoms with Gasteiger partial charge in [0.1, 0.15) is 11.9 Å². The molecule has 0 saturated carbocycles. The van der Waals surface area contributed by atoms with Gasteiger partial charge in [0.2, 0.25) is 0 Å². The first-order valence-electron chi connectivity index (χ1n) is 6.17. The first-order chi connectivity index (χ1) is 8.70. The molecule has 1 N–H and O–H groups in total. The lowest BCUT2D eigenvalue weighted by atomic mass is 9.97. The van der Waals surface area contributed by atoms with Gasteiger partial charge in [-0.15, -0.1) is 0 Å². The van der Waals surface area contributed by atoms with Crippen LogP contribution in [-0.4, -0.2) is 17.8 Å². The van der Waals surface area contributed by atoms with Gasteiger partial charge in [-0.05, 0) is 19.1 Å². The fourth-order valence-corrected chi connectivity index (χ4v) is 3.15. The van der Waals surface area contributed by atoms with Gasteiger partial charge in [0, 0.05) is 29.0 Å². The fraction of sp³-hybridized carbons (Fsp3) is 0.429. The van der Waals surface area contributed by atoms with Crippen LogP contribution in [0.3, 0.4) is 0 Å². The predicted octanol–water partition coefficient (Wildman–Crippen LogP) is 3.28. The van der Waals surface area contributed by atoms with Gasteiger partial charge in [-0.1, -0.05) is 28.1 Å². The summed E-state index contributed by atoms with van der Waals surface area (Å²) < 4.78 is 12.2. The average Bonchev–Trinajstić information content (AvgIpc) is 2.89. The van der Waals surface area contributed by atoms with Crippen molar-refractivity contribution in [2.45, 2.75) is 31.7 Å². The van der Waals surface area contributed by atoms with Crippen molar-refractivity contribution in [3.63, 3.8) is 0 Å². The van der Waals surface area contributed by atoms with Crippen LogP contribution in [-0.2, 0) is 4.74 Å². The molecule has 3 rings (SSSR count). The SMILES string of the molecule is CCOC(O)c1cc(Br)cc2c1O[C@@H]1CC=C[C@H]21. The molecule has 4 heteroatoms. The Hall–Kier alpha value is -0.840. The molecule has 0 spiro atoms. The van der Waals surface area contributed by atoms with Crippen LogP contribution in [0.15, 0.2) is 28.8 Å². The van der Waals surface area contributed by atoms with Crippen LogP contribution >= 0.6 is 15.9 Å². The second kappa shape index (κ2) is 4.68. The fourth-order valence-electron chi connectivity index (χ4n) is 2.66. The van der Waals surface area contributed by atoms with Crippen LogP contribution in [0.4, 0.5) is 0 Å². The highest BCUT2D eigenvalue weighted by molar-refractivity contribution is 9.10. The maximum atomic E-state index is 10.0. The van der Waals surface area contributed by atoms with E-state index in [1.807, 2.05) is 13.0 Å². The van der Waals surface area contributed by atoms with E-state index in [9.17, 15) is 5.11 Å². The van der Waals surface area contributed by atoms with Crippen molar-refractivity contribution in [2.24, 2.45) is 0 Å². The number of benzene rings is 1. The predicted molar refractivity (Wildman–Crippen MR) is 71.6 cm³/mol. The van der Waals surface area contributed by atoms with Crippen LogP contribution < -0.4 is 4.74 Å². The number of aliphatic hydroxyl groups is 1. The van der Waals surface area contributed by atoms with E-state index in [0.717, 1.165) is 22.2 Å². The molecule has 18 heavy (non-hydrogen) atoms. The van der Waals surface area contributed by atoms with Gasteiger partial charge < -0.3 is 14.6 Å². The number of hydrogen-bond acceptors (Lipinski definition) is 3. The Bertz CT molecular complexity index is 498. The number of ether oxygens (including phenoxy) is 2. The van der Waals surface area contributed by atoms with Crippen molar-refractivity contribution in [3.8, 4) is 5.75 Å².